The number of hydrogen-bond acceptors (Lipinski definition) is 4. The van der Waals surface area contributed by atoms with E-state index in [4.69, 9.17) is 0 Å². The molecule has 1 aliphatic heterocycles. The van der Waals surface area contributed by atoms with Crippen molar-refractivity contribution in [2.75, 3.05) is 6.54 Å². The third-order valence-corrected chi connectivity index (χ3v) is 3.59. The summed E-state index contributed by atoms with van der Waals surface area (Å²) in [7, 11) is 0. The number of rotatable bonds is 1. The van der Waals surface area contributed by atoms with Gasteiger partial charge in [0.2, 0.25) is 0 Å². The Morgan fingerprint density at radius 2 is 1.83 bits per heavy atom. The molecule has 0 aliphatic carbocycles. The molecule has 3 heterocycles. The van der Waals surface area contributed by atoms with Crippen LogP contribution in [0.5, 0.6) is 0 Å². The van der Waals surface area contributed by atoms with Crippen LogP contribution < -0.4 is 10.7 Å². The number of aromatic nitrogens is 4. The Labute approximate surface area is 143 Å². The fraction of sp³-hybridized carbons (Fsp3) is 0.444. The topological polar surface area (TPSA) is 74.8 Å². The van der Waals surface area contributed by atoms with Crippen LogP contribution in [0.4, 0.5) is 0 Å². The van der Waals surface area contributed by atoms with Gasteiger partial charge < -0.3 is 9.88 Å². The number of carbonyl (C=O) groups excluding carboxylic acids is 1. The van der Waals surface area contributed by atoms with Crippen molar-refractivity contribution in [1.29, 1.82) is 0 Å². The Hall–Kier alpha value is -2.50. The van der Waals surface area contributed by atoms with E-state index in [1.54, 1.807) is 17.3 Å². The van der Waals surface area contributed by atoms with E-state index in [2.05, 4.69) is 33.1 Å². The second kappa shape index (κ2) is 8.96. The fourth-order valence-electron chi connectivity index (χ4n) is 2.45. The first-order valence-corrected chi connectivity index (χ1v) is 8.42. The highest BCUT2D eigenvalue weighted by molar-refractivity contribution is 5.91. The summed E-state index contributed by atoms with van der Waals surface area (Å²) >= 11 is 0. The SMILES string of the molecule is C=c1nc(C(=O)N2CCc3nccnc3C2C)[nH]c1=C.CC.CC. The molecule has 2 aromatic heterocycles. The maximum atomic E-state index is 12.5. The number of amides is 1. The van der Waals surface area contributed by atoms with E-state index < -0.39 is 0 Å². The highest BCUT2D eigenvalue weighted by Gasteiger charge is 2.31. The van der Waals surface area contributed by atoms with Crippen molar-refractivity contribution >= 4 is 19.1 Å². The summed E-state index contributed by atoms with van der Waals surface area (Å²) in [5, 5.41) is 1.07. The minimum Gasteiger partial charge on any atom is -0.334 e. The number of carbonyl (C=O) groups is 1. The zero-order chi connectivity index (χ0) is 18.3. The molecule has 1 unspecified atom stereocenters. The lowest BCUT2D eigenvalue weighted by Gasteiger charge is -2.33. The molecule has 0 aromatic carbocycles. The summed E-state index contributed by atoms with van der Waals surface area (Å²) in [5.74, 6) is 0.118. The molecule has 3 rings (SSSR count). The molecule has 0 saturated carbocycles. The van der Waals surface area contributed by atoms with Gasteiger partial charge in [0.05, 0.1) is 28.1 Å². The van der Waals surface area contributed by atoms with Gasteiger partial charge in [-0.2, -0.15) is 0 Å². The lowest BCUT2D eigenvalue weighted by Crippen LogP contribution is -2.40. The zero-order valence-corrected chi connectivity index (χ0v) is 15.3. The lowest BCUT2D eigenvalue weighted by atomic mass is 10.0. The van der Waals surface area contributed by atoms with Gasteiger partial charge in [0.15, 0.2) is 5.82 Å². The molecular weight excluding hydrogens is 302 g/mol. The van der Waals surface area contributed by atoms with Crippen molar-refractivity contribution in [1.82, 2.24) is 24.8 Å². The molecule has 1 amide bonds. The molecule has 0 fully saturated rings. The molecule has 2 aromatic rings. The standard InChI is InChI=1S/C14H15N5O.2C2H6/c1-8-9(2)18-13(17-8)14(20)19-7-4-11-12(10(19)3)16-6-5-15-11;2*1-2/h5-6,10H,1-2,4,7H2,3H3,(H,17,18);2*1-2H3. The molecule has 0 saturated heterocycles. The molecule has 24 heavy (non-hydrogen) atoms. The van der Waals surface area contributed by atoms with Gasteiger partial charge in [0.1, 0.15) is 0 Å². The predicted molar refractivity (Wildman–Crippen MR) is 96.8 cm³/mol. The van der Waals surface area contributed by atoms with Gasteiger partial charge in [0.25, 0.3) is 5.91 Å². The van der Waals surface area contributed by atoms with E-state index in [1.165, 1.54) is 0 Å². The maximum absolute atomic E-state index is 12.5. The Balaban J connectivity index is 0.000000671. The van der Waals surface area contributed by atoms with Gasteiger partial charge in [-0.05, 0) is 6.92 Å². The zero-order valence-electron chi connectivity index (χ0n) is 15.3. The van der Waals surface area contributed by atoms with Gasteiger partial charge in [-0.1, -0.05) is 40.9 Å². The van der Waals surface area contributed by atoms with Crippen LogP contribution in [0.1, 0.15) is 62.7 Å². The van der Waals surface area contributed by atoms with E-state index in [0.29, 0.717) is 23.7 Å². The van der Waals surface area contributed by atoms with E-state index >= 15 is 0 Å². The summed E-state index contributed by atoms with van der Waals surface area (Å²) in [6.07, 6.45) is 4.03. The van der Waals surface area contributed by atoms with E-state index in [1.807, 2.05) is 34.6 Å². The van der Waals surface area contributed by atoms with Crippen molar-refractivity contribution in [2.45, 2.75) is 47.1 Å². The quantitative estimate of drug-likeness (QED) is 0.866. The second-order valence-electron chi connectivity index (χ2n) is 4.82. The Kier molecular flexibility index (Phi) is 7.30. The normalized spacial score (nSPS) is 15.4. The first-order valence-electron chi connectivity index (χ1n) is 8.42. The minimum absolute atomic E-state index is 0.119. The smallest absolute Gasteiger partial charge is 0.290 e. The molecule has 130 valence electrons. The van der Waals surface area contributed by atoms with Crippen LogP contribution in [0.15, 0.2) is 12.4 Å². The summed E-state index contributed by atoms with van der Waals surface area (Å²) in [6, 6.07) is -0.119. The Morgan fingerprint density at radius 3 is 2.42 bits per heavy atom. The molecule has 0 radical (unpaired) electrons. The van der Waals surface area contributed by atoms with Crippen LogP contribution in [0.3, 0.4) is 0 Å². The highest BCUT2D eigenvalue weighted by Crippen LogP contribution is 2.26. The minimum atomic E-state index is -0.159. The van der Waals surface area contributed by atoms with Crippen molar-refractivity contribution in [3.05, 3.63) is 40.3 Å². The molecule has 6 heteroatoms. The third kappa shape index (κ3) is 3.88. The van der Waals surface area contributed by atoms with E-state index in [-0.39, 0.29) is 17.8 Å². The molecule has 1 N–H and O–H groups in total. The van der Waals surface area contributed by atoms with Crippen molar-refractivity contribution in [3.8, 4) is 0 Å². The van der Waals surface area contributed by atoms with Gasteiger partial charge in [-0.3, -0.25) is 14.8 Å². The summed E-state index contributed by atoms with van der Waals surface area (Å²) in [6.45, 7) is 18.0. The Morgan fingerprint density at radius 1 is 1.21 bits per heavy atom. The number of aromatic amines is 1. The lowest BCUT2D eigenvalue weighted by molar-refractivity contribution is 0.0659. The predicted octanol–water partition coefficient (Wildman–Crippen LogP) is 1.83. The van der Waals surface area contributed by atoms with Crippen molar-refractivity contribution < 1.29 is 4.79 Å². The van der Waals surface area contributed by atoms with Crippen LogP contribution in [0, 0.1) is 0 Å². The maximum Gasteiger partial charge on any atom is 0.290 e. The molecule has 0 spiro atoms. The van der Waals surface area contributed by atoms with Gasteiger partial charge in [-0.15, -0.1) is 0 Å². The number of nitrogens with one attached hydrogen (secondary N) is 1. The van der Waals surface area contributed by atoms with Crippen molar-refractivity contribution in [3.63, 3.8) is 0 Å². The first kappa shape index (κ1) is 19.5. The number of nitrogens with zero attached hydrogens (tertiary/aromatic N) is 4. The summed E-state index contributed by atoms with van der Waals surface area (Å²) in [5.41, 5.74) is 1.81. The average Bonchev–Trinajstić information content (AvgIpc) is 2.97. The van der Waals surface area contributed by atoms with Gasteiger partial charge >= 0.3 is 0 Å². The van der Waals surface area contributed by atoms with Crippen LogP contribution >= 0.6 is 0 Å². The van der Waals surface area contributed by atoms with Crippen LogP contribution in [0.25, 0.3) is 13.2 Å². The van der Waals surface area contributed by atoms with Crippen LogP contribution in [-0.4, -0.2) is 37.3 Å². The molecular formula is C18H27N5O. The number of imidazole rings is 1. The second-order valence-corrected chi connectivity index (χ2v) is 4.82. The monoisotopic (exact) mass is 329 g/mol. The van der Waals surface area contributed by atoms with Crippen LogP contribution in [-0.2, 0) is 6.42 Å². The van der Waals surface area contributed by atoms with E-state index in [0.717, 1.165) is 11.4 Å². The largest absolute Gasteiger partial charge is 0.334 e. The van der Waals surface area contributed by atoms with E-state index in [9.17, 15) is 4.79 Å². The van der Waals surface area contributed by atoms with Gasteiger partial charge in [0, 0.05) is 25.4 Å². The molecule has 0 bridgehead atoms. The summed E-state index contributed by atoms with van der Waals surface area (Å²) in [4.78, 5) is 29.9. The summed E-state index contributed by atoms with van der Waals surface area (Å²) < 4.78 is 0. The first-order chi connectivity index (χ1) is 11.6. The fourth-order valence-corrected chi connectivity index (χ4v) is 2.45. The van der Waals surface area contributed by atoms with Gasteiger partial charge in [-0.25, -0.2) is 4.98 Å². The molecule has 1 atom stereocenters. The Bertz CT molecular complexity index is 740. The average molecular weight is 329 g/mol. The number of H-pyrrole nitrogens is 1. The van der Waals surface area contributed by atoms with Crippen molar-refractivity contribution in [2.24, 2.45) is 0 Å². The highest BCUT2D eigenvalue weighted by atomic mass is 16.2. The van der Waals surface area contributed by atoms with Crippen LogP contribution in [0.2, 0.25) is 0 Å². The number of fused-ring (bicyclic) bond motifs is 1. The third-order valence-electron chi connectivity index (χ3n) is 3.59. The number of hydrogen-bond donors (Lipinski definition) is 1. The molecule has 1 aliphatic rings. The molecule has 6 nitrogen and oxygen atoms in total.